The van der Waals surface area contributed by atoms with Crippen molar-refractivity contribution in [3.63, 3.8) is 0 Å². The SMILES string of the molecule is C=CCn1c(COc2ccccc2)nnc1SCC(=O)Nc1sc(C)c(C)c1C(=O)OC. The first-order valence-corrected chi connectivity index (χ1v) is 11.6. The Morgan fingerprint density at radius 3 is 2.69 bits per heavy atom. The monoisotopic (exact) mass is 472 g/mol. The molecule has 0 saturated heterocycles. The summed E-state index contributed by atoms with van der Waals surface area (Å²) in [7, 11) is 1.32. The third kappa shape index (κ3) is 5.57. The standard InChI is InChI=1S/C22H24N4O4S2/c1-5-11-26-17(12-30-16-9-7-6-8-10-16)24-25-22(26)31-13-18(27)23-20-19(21(28)29-4)14(2)15(3)32-20/h5-10H,1,11-13H2,2-4H3,(H,23,27). The number of thioether (sulfide) groups is 1. The van der Waals surface area contributed by atoms with E-state index in [0.29, 0.717) is 28.1 Å². The van der Waals surface area contributed by atoms with Gasteiger partial charge in [-0.1, -0.05) is 36.0 Å². The Bertz CT molecular complexity index is 1110. The minimum absolute atomic E-state index is 0.103. The van der Waals surface area contributed by atoms with Crippen LogP contribution in [0.15, 0.2) is 48.1 Å². The van der Waals surface area contributed by atoms with Crippen molar-refractivity contribution >= 4 is 40.0 Å². The molecule has 0 saturated carbocycles. The number of methoxy groups -OCH3 is 1. The third-order valence-corrected chi connectivity index (χ3v) is 6.67. The Hall–Kier alpha value is -3.11. The zero-order valence-electron chi connectivity index (χ0n) is 18.1. The van der Waals surface area contributed by atoms with Crippen LogP contribution in [0.25, 0.3) is 0 Å². The fraction of sp³-hybridized carbons (Fsp3) is 0.273. The van der Waals surface area contributed by atoms with Crippen molar-refractivity contribution in [3.05, 3.63) is 64.8 Å². The summed E-state index contributed by atoms with van der Waals surface area (Å²) in [5.74, 6) is 0.748. The highest BCUT2D eigenvalue weighted by atomic mass is 32.2. The Morgan fingerprint density at radius 2 is 2.00 bits per heavy atom. The summed E-state index contributed by atoms with van der Waals surface area (Å²) in [4.78, 5) is 25.6. The number of carbonyl (C=O) groups excluding carboxylic acids is 2. The van der Waals surface area contributed by atoms with Gasteiger partial charge in [0, 0.05) is 11.4 Å². The van der Waals surface area contributed by atoms with Crippen molar-refractivity contribution in [2.24, 2.45) is 0 Å². The number of anilines is 1. The van der Waals surface area contributed by atoms with Crippen LogP contribution < -0.4 is 10.1 Å². The number of nitrogens with zero attached hydrogens (tertiary/aromatic N) is 3. The van der Waals surface area contributed by atoms with E-state index < -0.39 is 5.97 Å². The van der Waals surface area contributed by atoms with E-state index in [9.17, 15) is 9.59 Å². The molecule has 0 aliphatic rings. The van der Waals surface area contributed by atoms with Gasteiger partial charge < -0.3 is 14.8 Å². The van der Waals surface area contributed by atoms with Gasteiger partial charge in [-0.3, -0.25) is 9.36 Å². The smallest absolute Gasteiger partial charge is 0.341 e. The lowest BCUT2D eigenvalue weighted by molar-refractivity contribution is -0.113. The largest absolute Gasteiger partial charge is 0.486 e. The predicted molar refractivity (Wildman–Crippen MR) is 125 cm³/mol. The second-order valence-corrected chi connectivity index (χ2v) is 8.88. The number of thiophene rings is 1. The van der Waals surface area contributed by atoms with Crippen molar-refractivity contribution in [2.75, 3.05) is 18.2 Å². The molecule has 3 aromatic rings. The van der Waals surface area contributed by atoms with Gasteiger partial charge in [0.2, 0.25) is 5.91 Å². The van der Waals surface area contributed by atoms with Crippen LogP contribution in [-0.4, -0.2) is 39.5 Å². The van der Waals surface area contributed by atoms with Gasteiger partial charge in [0.25, 0.3) is 0 Å². The number of benzene rings is 1. The van der Waals surface area contributed by atoms with Crippen LogP contribution in [0.5, 0.6) is 5.75 Å². The molecule has 8 nitrogen and oxygen atoms in total. The number of ether oxygens (including phenoxy) is 2. The van der Waals surface area contributed by atoms with Crippen molar-refractivity contribution in [1.29, 1.82) is 0 Å². The third-order valence-electron chi connectivity index (χ3n) is 4.58. The number of para-hydroxylation sites is 1. The molecule has 0 atom stereocenters. The van der Waals surface area contributed by atoms with Crippen LogP contribution in [0.2, 0.25) is 0 Å². The second kappa shape index (κ2) is 11.0. The summed E-state index contributed by atoms with van der Waals surface area (Å²) in [6, 6.07) is 9.44. The zero-order chi connectivity index (χ0) is 23.1. The lowest BCUT2D eigenvalue weighted by atomic mass is 10.1. The molecule has 3 rings (SSSR count). The predicted octanol–water partition coefficient (Wildman–Crippen LogP) is 4.24. The minimum atomic E-state index is -0.469. The maximum Gasteiger partial charge on any atom is 0.341 e. The molecule has 2 aromatic heterocycles. The number of hydrogen-bond donors (Lipinski definition) is 1. The summed E-state index contributed by atoms with van der Waals surface area (Å²) in [5.41, 5.74) is 1.20. The number of allylic oxidation sites excluding steroid dienone is 1. The van der Waals surface area contributed by atoms with Gasteiger partial charge in [0.05, 0.1) is 18.4 Å². The maximum atomic E-state index is 12.6. The molecule has 0 fully saturated rings. The number of aryl methyl sites for hydroxylation is 1. The number of nitrogens with one attached hydrogen (secondary N) is 1. The molecule has 1 aromatic carbocycles. The molecule has 2 heterocycles. The van der Waals surface area contributed by atoms with Crippen molar-refractivity contribution in [2.45, 2.75) is 32.2 Å². The fourth-order valence-corrected chi connectivity index (χ4v) is 4.70. The Balaban J connectivity index is 1.66. The molecular weight excluding hydrogens is 448 g/mol. The minimum Gasteiger partial charge on any atom is -0.486 e. The van der Waals surface area contributed by atoms with E-state index in [1.807, 2.05) is 48.7 Å². The Kier molecular flexibility index (Phi) is 8.07. The lowest BCUT2D eigenvalue weighted by Gasteiger charge is -2.09. The van der Waals surface area contributed by atoms with E-state index in [2.05, 4.69) is 22.1 Å². The van der Waals surface area contributed by atoms with Crippen LogP contribution in [0, 0.1) is 13.8 Å². The summed E-state index contributed by atoms with van der Waals surface area (Å²) in [6.07, 6.45) is 1.74. The van der Waals surface area contributed by atoms with E-state index in [0.717, 1.165) is 16.2 Å². The molecule has 0 bridgehead atoms. The van der Waals surface area contributed by atoms with Gasteiger partial charge in [-0.25, -0.2) is 4.79 Å². The van der Waals surface area contributed by atoms with Crippen molar-refractivity contribution in [3.8, 4) is 5.75 Å². The maximum absolute atomic E-state index is 12.6. The first kappa shape index (κ1) is 23.6. The molecule has 168 valence electrons. The lowest BCUT2D eigenvalue weighted by Crippen LogP contribution is -2.16. The van der Waals surface area contributed by atoms with E-state index in [-0.39, 0.29) is 18.3 Å². The number of aromatic nitrogens is 3. The van der Waals surface area contributed by atoms with Crippen LogP contribution >= 0.6 is 23.1 Å². The molecule has 10 heteroatoms. The van der Waals surface area contributed by atoms with Gasteiger partial charge in [0.1, 0.15) is 17.4 Å². The average molecular weight is 473 g/mol. The first-order valence-electron chi connectivity index (χ1n) is 9.76. The van der Waals surface area contributed by atoms with Gasteiger partial charge in [0.15, 0.2) is 11.0 Å². The Morgan fingerprint density at radius 1 is 1.25 bits per heavy atom. The van der Waals surface area contributed by atoms with Gasteiger partial charge in [-0.15, -0.1) is 28.1 Å². The molecule has 1 N–H and O–H groups in total. The van der Waals surface area contributed by atoms with Crippen LogP contribution in [-0.2, 0) is 22.7 Å². The van der Waals surface area contributed by atoms with Gasteiger partial charge in [-0.2, -0.15) is 0 Å². The quantitative estimate of drug-likeness (QED) is 0.268. The molecule has 0 radical (unpaired) electrons. The molecule has 0 aliphatic carbocycles. The summed E-state index contributed by atoms with van der Waals surface area (Å²) < 4.78 is 12.5. The van der Waals surface area contributed by atoms with E-state index in [1.165, 1.54) is 30.2 Å². The molecule has 0 spiro atoms. The average Bonchev–Trinajstić information content (AvgIpc) is 3.30. The van der Waals surface area contributed by atoms with E-state index >= 15 is 0 Å². The summed E-state index contributed by atoms with van der Waals surface area (Å²) in [6.45, 7) is 8.24. The van der Waals surface area contributed by atoms with Crippen molar-refractivity contribution in [1.82, 2.24) is 14.8 Å². The highest BCUT2D eigenvalue weighted by Gasteiger charge is 2.22. The van der Waals surface area contributed by atoms with Crippen molar-refractivity contribution < 1.29 is 19.1 Å². The molecular formula is C22H24N4O4S2. The van der Waals surface area contributed by atoms with Crippen LogP contribution in [0.3, 0.4) is 0 Å². The number of hydrogen-bond acceptors (Lipinski definition) is 8. The number of amides is 1. The topological polar surface area (TPSA) is 95.3 Å². The summed E-state index contributed by atoms with van der Waals surface area (Å²) >= 11 is 2.60. The Labute approximate surface area is 194 Å². The van der Waals surface area contributed by atoms with Gasteiger partial charge in [-0.05, 0) is 31.5 Å². The normalized spacial score (nSPS) is 10.6. The van der Waals surface area contributed by atoms with E-state index in [1.54, 1.807) is 6.08 Å². The van der Waals surface area contributed by atoms with Crippen LogP contribution in [0.4, 0.5) is 5.00 Å². The van der Waals surface area contributed by atoms with Gasteiger partial charge >= 0.3 is 5.97 Å². The number of carbonyl (C=O) groups is 2. The summed E-state index contributed by atoms with van der Waals surface area (Å²) in [5, 5.41) is 12.3. The second-order valence-electron chi connectivity index (χ2n) is 6.72. The molecule has 32 heavy (non-hydrogen) atoms. The molecule has 0 unspecified atom stereocenters. The fourth-order valence-electron chi connectivity index (χ4n) is 2.87. The molecule has 0 aliphatic heterocycles. The zero-order valence-corrected chi connectivity index (χ0v) is 19.7. The highest BCUT2D eigenvalue weighted by molar-refractivity contribution is 7.99. The first-order chi connectivity index (χ1) is 15.4. The number of esters is 1. The van der Waals surface area contributed by atoms with E-state index in [4.69, 9.17) is 9.47 Å². The van der Waals surface area contributed by atoms with Crippen LogP contribution in [0.1, 0.15) is 26.6 Å². The molecule has 1 amide bonds. The highest BCUT2D eigenvalue weighted by Crippen LogP contribution is 2.33. The number of rotatable bonds is 10.